The molecule has 0 spiro atoms. The summed E-state index contributed by atoms with van der Waals surface area (Å²) in [5.74, 6) is 0.630. The molecule has 0 aliphatic carbocycles. The van der Waals surface area contributed by atoms with Crippen molar-refractivity contribution in [2.45, 2.75) is 104 Å². The van der Waals surface area contributed by atoms with Gasteiger partial charge < -0.3 is 34.0 Å². The average molecular weight is 797 g/mol. The lowest BCUT2D eigenvalue weighted by molar-refractivity contribution is -0.135. The smallest absolute Gasteiger partial charge is 0.464 e. The number of methoxy groups -OCH3 is 1. The van der Waals surface area contributed by atoms with Crippen LogP contribution in [0.15, 0.2) is 48.8 Å². The van der Waals surface area contributed by atoms with E-state index in [1.165, 1.54) is 13.2 Å². The number of halogens is 1. The van der Waals surface area contributed by atoms with Gasteiger partial charge in [-0.3, -0.25) is 9.36 Å². The summed E-state index contributed by atoms with van der Waals surface area (Å²) in [6, 6.07) is 10.4. The van der Waals surface area contributed by atoms with Gasteiger partial charge in [0.25, 0.3) is 0 Å². The second-order valence-electron chi connectivity index (χ2n) is 17.1. The van der Waals surface area contributed by atoms with Gasteiger partial charge in [0.1, 0.15) is 23.4 Å². The van der Waals surface area contributed by atoms with Crippen LogP contribution >= 0.6 is 11.3 Å². The number of H-pyrrole nitrogens is 1. The number of fused-ring (bicyclic) bond motifs is 5. The van der Waals surface area contributed by atoms with Gasteiger partial charge in [0.2, 0.25) is 12.1 Å². The minimum absolute atomic E-state index is 0.157. The molecule has 0 radical (unpaired) electrons. The zero-order valence-corrected chi connectivity index (χ0v) is 34.8. The Morgan fingerprint density at radius 3 is 2.53 bits per heavy atom. The minimum atomic E-state index is -0.752. The molecule has 6 heterocycles. The third-order valence-electron chi connectivity index (χ3n) is 11.7. The highest BCUT2D eigenvalue weighted by atomic mass is 32.1. The number of carbonyl (C=O) groups excluding carboxylic acids is 2. The van der Waals surface area contributed by atoms with Gasteiger partial charge in [0.15, 0.2) is 0 Å². The number of carbonyl (C=O) groups is 2. The lowest BCUT2D eigenvalue weighted by atomic mass is 9.78. The number of aromatic nitrogens is 4. The molecule has 2 amide bonds. The molecular weight excluding hydrogens is 746 g/mol. The van der Waals surface area contributed by atoms with Crippen LogP contribution in [0.25, 0.3) is 33.4 Å². The van der Waals surface area contributed by atoms with Gasteiger partial charge in [0, 0.05) is 30.1 Å². The zero-order chi connectivity index (χ0) is 40.6. The summed E-state index contributed by atoms with van der Waals surface area (Å²) < 4.78 is 43.1. The van der Waals surface area contributed by atoms with Crippen molar-refractivity contribution < 1.29 is 32.8 Å². The third-order valence-corrected chi connectivity index (χ3v) is 12.8. The number of nitrogens with one attached hydrogen (secondary N) is 2. The normalized spacial score (nSPS) is 20.2. The van der Waals surface area contributed by atoms with Crippen LogP contribution in [-0.4, -0.2) is 74.4 Å². The highest BCUT2D eigenvalue weighted by Crippen LogP contribution is 2.48. The lowest BCUT2D eigenvalue weighted by Gasteiger charge is -2.32. The predicted octanol–water partition coefficient (Wildman–Crippen LogP) is 7.78. The molecule has 300 valence electrons. The van der Waals surface area contributed by atoms with E-state index in [4.69, 9.17) is 23.8 Å². The van der Waals surface area contributed by atoms with Crippen molar-refractivity contribution in [1.29, 1.82) is 0 Å². The highest BCUT2D eigenvalue weighted by Gasteiger charge is 2.52. The summed E-state index contributed by atoms with van der Waals surface area (Å²) in [6.07, 6.45) is 4.60. The first-order chi connectivity index (χ1) is 27.0. The maximum absolute atomic E-state index is 16.7. The molecule has 2 aromatic carbocycles. The number of aromatic amines is 1. The third kappa shape index (κ3) is 7.01. The molecule has 2 N–H and O–H groups in total. The molecule has 3 atom stereocenters. The number of rotatable bonds is 9. The fraction of sp³-hybridized carbons (Fsp3) is 0.476. The molecule has 2 saturated heterocycles. The van der Waals surface area contributed by atoms with Crippen molar-refractivity contribution >= 4 is 46.8 Å². The molecule has 5 aromatic rings. The maximum Gasteiger partial charge on any atom is 0.494 e. The van der Waals surface area contributed by atoms with Gasteiger partial charge in [-0.2, -0.15) is 0 Å². The molecule has 3 aliphatic heterocycles. The van der Waals surface area contributed by atoms with E-state index in [1.807, 2.05) is 72.0 Å². The minimum Gasteiger partial charge on any atom is -0.464 e. The molecule has 2 fully saturated rings. The number of thiazole rings is 1. The van der Waals surface area contributed by atoms with Crippen molar-refractivity contribution in [2.24, 2.45) is 11.8 Å². The van der Waals surface area contributed by atoms with Crippen LogP contribution in [0.5, 0.6) is 5.75 Å². The van der Waals surface area contributed by atoms with Crippen molar-refractivity contribution in [1.82, 2.24) is 29.7 Å². The Hall–Kier alpha value is -4.73. The number of likely N-dealkylation sites (tertiary alicyclic amines) is 1. The van der Waals surface area contributed by atoms with Crippen LogP contribution < -0.4 is 15.5 Å². The summed E-state index contributed by atoms with van der Waals surface area (Å²) in [7, 11) is 0.730. The molecule has 57 heavy (non-hydrogen) atoms. The Morgan fingerprint density at radius 2 is 1.82 bits per heavy atom. The monoisotopic (exact) mass is 796 g/mol. The van der Waals surface area contributed by atoms with E-state index in [1.54, 1.807) is 22.4 Å². The van der Waals surface area contributed by atoms with E-state index < -0.39 is 42.5 Å². The quantitative estimate of drug-likeness (QED) is 0.145. The summed E-state index contributed by atoms with van der Waals surface area (Å²) in [5, 5.41) is 4.61. The number of alkyl carbamates (subject to hydrolysis) is 1. The average Bonchev–Trinajstić information content (AvgIpc) is 3.99. The van der Waals surface area contributed by atoms with Gasteiger partial charge in [0.05, 0.1) is 62.9 Å². The molecule has 3 unspecified atom stereocenters. The number of hydrogen-bond donors (Lipinski definition) is 2. The number of nitrogens with zero attached hydrogens (tertiary/aromatic N) is 4. The summed E-state index contributed by atoms with van der Waals surface area (Å²) in [4.78, 5) is 41.3. The number of benzene rings is 2. The van der Waals surface area contributed by atoms with E-state index >= 15 is 4.39 Å². The molecule has 8 rings (SSSR count). The Balaban J connectivity index is 1.16. The van der Waals surface area contributed by atoms with Crippen molar-refractivity contribution in [2.75, 3.05) is 13.7 Å². The van der Waals surface area contributed by atoms with E-state index in [0.29, 0.717) is 53.0 Å². The van der Waals surface area contributed by atoms with Gasteiger partial charge in [-0.05, 0) is 82.1 Å². The molecule has 3 aromatic heterocycles. The first kappa shape index (κ1) is 39.1. The van der Waals surface area contributed by atoms with E-state index in [9.17, 15) is 9.59 Å². The van der Waals surface area contributed by atoms with Gasteiger partial charge in [-0.1, -0.05) is 39.8 Å². The predicted molar refractivity (Wildman–Crippen MR) is 218 cm³/mol. The number of ether oxygens (including phenoxy) is 2. The molecule has 3 aliphatic rings. The summed E-state index contributed by atoms with van der Waals surface area (Å²) in [6.45, 7) is 16.7. The van der Waals surface area contributed by atoms with Crippen LogP contribution in [0.4, 0.5) is 9.18 Å². The van der Waals surface area contributed by atoms with E-state index in [2.05, 4.69) is 39.8 Å². The van der Waals surface area contributed by atoms with Gasteiger partial charge in [-0.15, -0.1) is 11.3 Å². The molecule has 0 saturated carbocycles. The first-order valence-electron chi connectivity index (χ1n) is 19.7. The van der Waals surface area contributed by atoms with E-state index in [-0.39, 0.29) is 17.9 Å². The molecule has 15 heteroatoms. The number of imidazole rings is 1. The van der Waals surface area contributed by atoms with E-state index in [0.717, 1.165) is 39.1 Å². The van der Waals surface area contributed by atoms with Gasteiger partial charge in [-0.25, -0.2) is 19.2 Å². The first-order valence-corrected chi connectivity index (χ1v) is 20.5. The highest BCUT2D eigenvalue weighted by molar-refractivity contribution is 7.11. The Kier molecular flexibility index (Phi) is 10.0. The van der Waals surface area contributed by atoms with Crippen molar-refractivity contribution in [3.63, 3.8) is 0 Å². The van der Waals surface area contributed by atoms with Crippen LogP contribution in [0.1, 0.15) is 96.2 Å². The Morgan fingerprint density at radius 1 is 1.07 bits per heavy atom. The molecule has 0 bridgehead atoms. The fourth-order valence-electron chi connectivity index (χ4n) is 7.99. The van der Waals surface area contributed by atoms with Crippen LogP contribution in [-0.2, 0) is 25.3 Å². The lowest BCUT2D eigenvalue weighted by Crippen LogP contribution is -2.51. The van der Waals surface area contributed by atoms with Crippen molar-refractivity contribution in [3.8, 4) is 28.3 Å². The second-order valence-corrected chi connectivity index (χ2v) is 18.2. The standard InChI is InChI=1S/C42H50BFN6O6S/c1-22(2)15-34-45-21-33(57-34)39-50-29-13-12-26(43-55-41(5,6)42(7,8)56-43)16-25(29)18-31(50)35-27(44)17-24(19-32(35)54-39)28-20-46-37(47-28)30-11-10-14-49(30)38(51)36(23(3)4)48-40(52)53-9/h12-13,16-23,30,36,39H,10-11,14-15H2,1-9H3,(H,46,47)(H,48,52). The Bertz CT molecular complexity index is 2340. The largest absolute Gasteiger partial charge is 0.494 e. The Labute approximate surface area is 336 Å². The zero-order valence-electron chi connectivity index (χ0n) is 33.9. The SMILES string of the molecule is COC(=O)NC(C(=O)N1CCCC1c1ncc(-c2cc(F)c3c(c2)OC(c2cnc(CC(C)C)s2)n2c-3cc3cc(B4OC(C)(C)C(C)(C)O4)ccc32)[nH]1)C(C)C. The van der Waals surface area contributed by atoms with Gasteiger partial charge >= 0.3 is 13.2 Å². The molecule has 12 nitrogen and oxygen atoms in total. The topological polar surface area (TPSA) is 133 Å². The van der Waals surface area contributed by atoms with Crippen LogP contribution in [0.2, 0.25) is 0 Å². The van der Waals surface area contributed by atoms with Crippen molar-refractivity contribution in [3.05, 3.63) is 70.3 Å². The summed E-state index contributed by atoms with van der Waals surface area (Å²) in [5.41, 5.74) is 2.99. The maximum atomic E-state index is 16.7. The number of amides is 2. The fourth-order valence-corrected chi connectivity index (χ4v) is 9.14. The van der Waals surface area contributed by atoms with Crippen LogP contribution in [0.3, 0.4) is 0 Å². The summed E-state index contributed by atoms with van der Waals surface area (Å²) >= 11 is 1.60. The number of hydrogen-bond acceptors (Lipinski definition) is 9. The molecular formula is C42H50BFN6O6S. The van der Waals surface area contributed by atoms with Crippen LogP contribution in [0, 0.1) is 17.7 Å². The second kappa shape index (κ2) is 14.6.